The zero-order valence-electron chi connectivity index (χ0n) is 41.2. The van der Waals surface area contributed by atoms with Crippen LogP contribution in [0.3, 0.4) is 0 Å². The number of thioether (sulfide) groups is 1. The van der Waals surface area contributed by atoms with Gasteiger partial charge in [0.2, 0.25) is 0 Å². The third kappa shape index (κ3) is 16.0. The minimum atomic E-state index is -0.817. The molecule has 12 atom stereocenters. The van der Waals surface area contributed by atoms with E-state index in [9.17, 15) is 0 Å². The average molecular weight is 1110 g/mol. The first-order chi connectivity index (χ1) is 35.4. The molecule has 72 heavy (non-hydrogen) atoms. The summed E-state index contributed by atoms with van der Waals surface area (Å²) in [5, 5.41) is 0. The topological polar surface area (TPSA) is 102 Å². The van der Waals surface area contributed by atoms with Gasteiger partial charge in [0.15, 0.2) is 12.6 Å². The fourth-order valence-corrected chi connectivity index (χ4v) is 9.95. The zero-order chi connectivity index (χ0) is 49.7. The van der Waals surface area contributed by atoms with Crippen molar-refractivity contribution >= 4 is 34.4 Å². The summed E-state index contributed by atoms with van der Waals surface area (Å²) in [4.78, 5) is 0. The standard InChI is InChI=1S/C59H67IO11S/c1-42(60)57(68-41-50-52(64-36-45-26-14-6-15-27-45)53(65-37-46-28-16-7-17-29-46)55(58(61-2)69-50)67-39-48-32-20-9-21-33-48)71-56-54(66-38-47-30-18-8-19-31-47)51(63-35-44-24-12-5-13-25-44)49(70-59(56)72-3)40-62-34-43-22-10-4-11-23-43/h4-33,42,49-59H,34-41H2,1-3H3/t42?,49-,50-,51-,52-,53+,54+,55-,56-,57?,58+,59+/m1/s1. The van der Waals surface area contributed by atoms with Crippen LogP contribution in [0.15, 0.2) is 182 Å². The van der Waals surface area contributed by atoms with Gasteiger partial charge in [0.05, 0.1) is 56.8 Å². The summed E-state index contributed by atoms with van der Waals surface area (Å²) in [5.41, 5.74) is 5.68. The molecule has 0 radical (unpaired) electrons. The predicted octanol–water partition coefficient (Wildman–Crippen LogP) is 11.1. The second kappa shape index (κ2) is 29.2. The van der Waals surface area contributed by atoms with Crippen LogP contribution in [-0.2, 0) is 91.7 Å². The first kappa shape index (κ1) is 54.2. The van der Waals surface area contributed by atoms with Gasteiger partial charge in [-0.05, 0) is 46.6 Å². The lowest BCUT2D eigenvalue weighted by Gasteiger charge is -2.47. The van der Waals surface area contributed by atoms with Gasteiger partial charge < -0.3 is 52.1 Å². The highest BCUT2D eigenvalue weighted by molar-refractivity contribution is 14.1. The second-order valence-electron chi connectivity index (χ2n) is 17.8. The lowest BCUT2D eigenvalue weighted by atomic mass is 9.97. The van der Waals surface area contributed by atoms with Gasteiger partial charge in [-0.1, -0.05) is 205 Å². The van der Waals surface area contributed by atoms with Crippen molar-refractivity contribution in [3.8, 4) is 0 Å². The van der Waals surface area contributed by atoms with E-state index in [1.807, 2.05) is 152 Å². The quantitative estimate of drug-likeness (QED) is 0.0279. The molecule has 2 saturated heterocycles. The predicted molar refractivity (Wildman–Crippen MR) is 287 cm³/mol. The first-order valence-corrected chi connectivity index (χ1v) is 27.2. The number of benzene rings is 6. The van der Waals surface area contributed by atoms with Crippen LogP contribution in [0.25, 0.3) is 0 Å². The van der Waals surface area contributed by atoms with Crippen molar-refractivity contribution in [2.24, 2.45) is 0 Å². The SMILES string of the molecule is CO[C@H]1O[C@H](COC(O[C@@H]2[C@@H](OCc3ccccc3)[C@H](OCc3ccccc3)[C@@H](COCc3ccccc3)O[C@H]2SC)C(C)I)[C@@H](OCc2ccccc2)[C@H](OCc2ccccc2)[C@H]1OCc1ccccc1. The molecule has 0 aromatic heterocycles. The Kier molecular flexibility index (Phi) is 22.0. The Morgan fingerprint density at radius 1 is 0.444 bits per heavy atom. The maximum absolute atomic E-state index is 7.21. The van der Waals surface area contributed by atoms with E-state index in [4.69, 9.17) is 52.1 Å². The summed E-state index contributed by atoms with van der Waals surface area (Å²) in [5.74, 6) is 0. The van der Waals surface area contributed by atoms with Gasteiger partial charge in [0, 0.05) is 7.11 Å². The summed E-state index contributed by atoms with van der Waals surface area (Å²) < 4.78 is 74.7. The van der Waals surface area contributed by atoms with E-state index in [2.05, 4.69) is 65.9 Å². The van der Waals surface area contributed by atoms with Crippen molar-refractivity contribution in [2.75, 3.05) is 26.6 Å². The molecular weight excluding hydrogens is 1040 g/mol. The van der Waals surface area contributed by atoms with E-state index in [1.165, 1.54) is 0 Å². The number of ether oxygens (including phenoxy) is 11. The lowest BCUT2D eigenvalue weighted by Crippen LogP contribution is -2.62. The molecule has 0 saturated carbocycles. The highest BCUT2D eigenvalue weighted by atomic mass is 127. The number of methoxy groups -OCH3 is 1. The van der Waals surface area contributed by atoms with Crippen molar-refractivity contribution in [1.29, 1.82) is 0 Å². The molecule has 0 N–H and O–H groups in total. The van der Waals surface area contributed by atoms with E-state index in [0.29, 0.717) is 39.6 Å². The van der Waals surface area contributed by atoms with Gasteiger partial charge in [-0.25, -0.2) is 0 Å². The van der Waals surface area contributed by atoms with Crippen LogP contribution in [0, 0.1) is 0 Å². The van der Waals surface area contributed by atoms with Crippen LogP contribution in [-0.4, -0.2) is 97.4 Å². The highest BCUT2D eigenvalue weighted by Gasteiger charge is 2.51. The highest BCUT2D eigenvalue weighted by Crippen LogP contribution is 2.37. The second-order valence-corrected chi connectivity index (χ2v) is 20.7. The molecule has 0 amide bonds. The molecule has 11 nitrogen and oxygen atoms in total. The normalized spacial score (nSPS) is 25.2. The van der Waals surface area contributed by atoms with Crippen molar-refractivity contribution in [2.45, 2.75) is 117 Å². The van der Waals surface area contributed by atoms with Gasteiger partial charge in [-0.15, -0.1) is 11.8 Å². The molecular formula is C59H67IO11S. The number of halogens is 1. The summed E-state index contributed by atoms with van der Waals surface area (Å²) in [7, 11) is 1.62. The average Bonchev–Trinajstić information content (AvgIpc) is 3.43. The Hall–Kier alpha value is -4.04. The summed E-state index contributed by atoms with van der Waals surface area (Å²) in [6.45, 7) is 4.44. The molecule has 8 rings (SSSR count). The van der Waals surface area contributed by atoms with Crippen molar-refractivity contribution in [3.63, 3.8) is 0 Å². The number of rotatable bonds is 27. The molecule has 0 aliphatic carbocycles. The van der Waals surface area contributed by atoms with Crippen molar-refractivity contribution in [1.82, 2.24) is 0 Å². The van der Waals surface area contributed by atoms with Crippen molar-refractivity contribution < 1.29 is 52.1 Å². The van der Waals surface area contributed by atoms with Gasteiger partial charge in [0.25, 0.3) is 0 Å². The number of hydrogen-bond donors (Lipinski definition) is 0. The van der Waals surface area contributed by atoms with E-state index in [1.54, 1.807) is 18.9 Å². The summed E-state index contributed by atoms with van der Waals surface area (Å²) in [6, 6.07) is 60.6. The third-order valence-electron chi connectivity index (χ3n) is 12.6. The molecule has 0 bridgehead atoms. The monoisotopic (exact) mass is 1110 g/mol. The smallest absolute Gasteiger partial charge is 0.186 e. The molecule has 0 spiro atoms. The fourth-order valence-electron chi connectivity index (χ4n) is 8.83. The molecule has 2 aliphatic heterocycles. The van der Waals surface area contributed by atoms with E-state index < -0.39 is 66.8 Å². The first-order valence-electron chi connectivity index (χ1n) is 24.6. The Balaban J connectivity index is 1.07. The van der Waals surface area contributed by atoms with Crippen LogP contribution >= 0.6 is 34.4 Å². The largest absolute Gasteiger partial charge is 0.374 e. The van der Waals surface area contributed by atoms with Gasteiger partial charge in [-0.3, -0.25) is 0 Å². The maximum Gasteiger partial charge on any atom is 0.186 e. The minimum absolute atomic E-state index is 0.0743. The number of hydrogen-bond acceptors (Lipinski definition) is 12. The Morgan fingerprint density at radius 3 is 1.17 bits per heavy atom. The number of alkyl halides is 1. The summed E-state index contributed by atoms with van der Waals surface area (Å²) in [6.07, 6.45) is -4.48. The third-order valence-corrected chi connectivity index (χ3v) is 14.0. The van der Waals surface area contributed by atoms with Crippen LogP contribution in [0.1, 0.15) is 40.3 Å². The van der Waals surface area contributed by atoms with Crippen LogP contribution in [0.2, 0.25) is 0 Å². The van der Waals surface area contributed by atoms with Gasteiger partial charge >= 0.3 is 0 Å². The molecule has 6 aromatic rings. The molecule has 2 fully saturated rings. The van der Waals surface area contributed by atoms with E-state index in [0.717, 1.165) is 33.4 Å². The Morgan fingerprint density at radius 2 is 0.792 bits per heavy atom. The molecule has 2 unspecified atom stereocenters. The molecule has 6 aromatic carbocycles. The van der Waals surface area contributed by atoms with E-state index in [-0.39, 0.29) is 17.1 Å². The minimum Gasteiger partial charge on any atom is -0.374 e. The fraction of sp³-hybridized carbons (Fsp3) is 0.390. The molecule has 2 heterocycles. The van der Waals surface area contributed by atoms with Crippen LogP contribution in [0.4, 0.5) is 0 Å². The molecule has 2 aliphatic rings. The zero-order valence-corrected chi connectivity index (χ0v) is 44.2. The van der Waals surface area contributed by atoms with Crippen LogP contribution < -0.4 is 0 Å². The Bertz CT molecular complexity index is 2380. The lowest BCUT2D eigenvalue weighted by molar-refractivity contribution is -0.331. The molecule has 13 heteroatoms. The Labute approximate surface area is 443 Å². The maximum atomic E-state index is 7.21. The van der Waals surface area contributed by atoms with E-state index >= 15 is 0 Å². The molecule has 382 valence electrons. The van der Waals surface area contributed by atoms with Gasteiger partial charge in [0.1, 0.15) is 54.3 Å². The van der Waals surface area contributed by atoms with Crippen LogP contribution in [0.5, 0.6) is 0 Å². The summed E-state index contributed by atoms with van der Waals surface area (Å²) >= 11 is 3.92. The van der Waals surface area contributed by atoms with Gasteiger partial charge in [-0.2, -0.15) is 0 Å². The van der Waals surface area contributed by atoms with Crippen molar-refractivity contribution in [3.05, 3.63) is 215 Å².